The van der Waals surface area contributed by atoms with Gasteiger partial charge in [0.2, 0.25) is 5.91 Å². The summed E-state index contributed by atoms with van der Waals surface area (Å²) in [6.07, 6.45) is 0.922. The number of benzene rings is 2. The second-order valence-corrected chi connectivity index (χ2v) is 7.96. The Morgan fingerprint density at radius 2 is 1.74 bits per heavy atom. The number of rotatable bonds is 6. The van der Waals surface area contributed by atoms with Crippen LogP contribution in [-0.4, -0.2) is 36.8 Å². The van der Waals surface area contributed by atoms with Crippen LogP contribution in [0.15, 0.2) is 53.0 Å². The first-order chi connectivity index (χ1) is 14.9. The summed E-state index contributed by atoms with van der Waals surface area (Å²) in [6.45, 7) is 1.69. The van der Waals surface area contributed by atoms with Gasteiger partial charge in [0.15, 0.2) is 6.61 Å². The van der Waals surface area contributed by atoms with E-state index in [9.17, 15) is 19.2 Å². The number of hydrogen-bond acceptors (Lipinski definition) is 5. The van der Waals surface area contributed by atoms with Gasteiger partial charge in [0.1, 0.15) is 0 Å². The summed E-state index contributed by atoms with van der Waals surface area (Å²) in [5, 5.41) is 0. The molecule has 0 saturated carbocycles. The minimum Gasteiger partial charge on any atom is -0.455 e. The van der Waals surface area contributed by atoms with Crippen molar-refractivity contribution >= 4 is 45.3 Å². The van der Waals surface area contributed by atoms with Gasteiger partial charge in [-0.1, -0.05) is 35.0 Å². The fourth-order valence-electron chi connectivity index (χ4n) is 3.12. The summed E-state index contributed by atoms with van der Waals surface area (Å²) in [5.74, 6) is -2.63. The molecule has 1 fully saturated rings. The van der Waals surface area contributed by atoms with E-state index in [1.165, 1.54) is 0 Å². The molecule has 8 nitrogen and oxygen atoms in total. The number of hydrogen-bond donors (Lipinski definition) is 2. The van der Waals surface area contributed by atoms with Gasteiger partial charge in [-0.05, 0) is 48.4 Å². The van der Waals surface area contributed by atoms with Crippen molar-refractivity contribution in [3.05, 3.63) is 64.1 Å². The van der Waals surface area contributed by atoms with Crippen LogP contribution in [0.5, 0.6) is 0 Å². The maximum absolute atomic E-state index is 12.3. The maximum atomic E-state index is 12.3. The Bertz CT molecular complexity index is 976. The Kier molecular flexibility index (Phi) is 7.41. The van der Waals surface area contributed by atoms with E-state index in [1.54, 1.807) is 29.2 Å². The predicted octanol–water partition coefficient (Wildman–Crippen LogP) is 2.37. The van der Waals surface area contributed by atoms with E-state index in [1.807, 2.05) is 31.2 Å². The van der Waals surface area contributed by atoms with Crippen LogP contribution < -0.4 is 15.8 Å². The van der Waals surface area contributed by atoms with Crippen molar-refractivity contribution in [2.75, 3.05) is 18.1 Å². The lowest BCUT2D eigenvalue weighted by atomic mass is 10.1. The number of aryl methyl sites for hydroxylation is 1. The number of anilines is 1. The molecular formula is C22H22BrN3O5. The van der Waals surface area contributed by atoms with Crippen molar-refractivity contribution in [3.8, 4) is 0 Å². The fourth-order valence-corrected chi connectivity index (χ4v) is 3.38. The van der Waals surface area contributed by atoms with Crippen molar-refractivity contribution < 1.29 is 23.9 Å². The summed E-state index contributed by atoms with van der Waals surface area (Å²) in [6, 6.07) is 14.2. The average molecular weight is 488 g/mol. The molecule has 2 aromatic carbocycles. The SMILES string of the molecule is CCc1ccc(N2C[C@H](C(=O)OCC(=O)NNC(=O)c3ccc(Br)cc3)CC2=O)cc1. The summed E-state index contributed by atoms with van der Waals surface area (Å²) in [7, 11) is 0. The normalized spacial score (nSPS) is 15.5. The lowest BCUT2D eigenvalue weighted by molar-refractivity contribution is -0.152. The third-order valence-corrected chi connectivity index (χ3v) is 5.41. The quantitative estimate of drug-likeness (QED) is 0.480. The van der Waals surface area contributed by atoms with Crippen LogP contribution in [0.4, 0.5) is 5.69 Å². The van der Waals surface area contributed by atoms with Gasteiger partial charge < -0.3 is 9.64 Å². The number of nitrogens with one attached hydrogen (secondary N) is 2. The lowest BCUT2D eigenvalue weighted by Crippen LogP contribution is -2.43. The van der Waals surface area contributed by atoms with Gasteiger partial charge in [-0.15, -0.1) is 0 Å². The van der Waals surface area contributed by atoms with Gasteiger partial charge in [0, 0.05) is 28.7 Å². The smallest absolute Gasteiger partial charge is 0.311 e. The van der Waals surface area contributed by atoms with E-state index in [0.29, 0.717) is 5.56 Å². The molecule has 0 bridgehead atoms. The van der Waals surface area contributed by atoms with Crippen LogP contribution >= 0.6 is 15.9 Å². The van der Waals surface area contributed by atoms with Gasteiger partial charge in [-0.2, -0.15) is 0 Å². The number of carbonyl (C=O) groups excluding carboxylic acids is 4. The molecule has 1 aliphatic heterocycles. The molecule has 2 N–H and O–H groups in total. The Morgan fingerprint density at radius 3 is 2.39 bits per heavy atom. The minimum atomic E-state index is -0.685. The van der Waals surface area contributed by atoms with Crippen molar-refractivity contribution in [1.29, 1.82) is 0 Å². The molecule has 3 rings (SSSR count). The molecule has 2 aromatic rings. The van der Waals surface area contributed by atoms with E-state index in [-0.39, 0.29) is 18.9 Å². The van der Waals surface area contributed by atoms with Crippen LogP contribution in [0.1, 0.15) is 29.3 Å². The number of hydrazine groups is 1. The zero-order valence-electron chi connectivity index (χ0n) is 16.9. The van der Waals surface area contributed by atoms with Crippen LogP contribution in [0.25, 0.3) is 0 Å². The number of amides is 3. The number of carbonyl (C=O) groups is 4. The highest BCUT2D eigenvalue weighted by Crippen LogP contribution is 2.26. The molecule has 0 aliphatic carbocycles. The standard InChI is InChI=1S/C22H22BrN3O5/c1-2-14-3-9-18(10-4-14)26-12-16(11-20(26)28)22(30)31-13-19(27)24-25-21(29)15-5-7-17(23)8-6-15/h3-10,16H,2,11-13H2,1H3,(H,24,27)(H,25,29)/t16-/m1/s1. The Morgan fingerprint density at radius 1 is 1.06 bits per heavy atom. The summed E-state index contributed by atoms with van der Waals surface area (Å²) < 4.78 is 5.84. The highest BCUT2D eigenvalue weighted by atomic mass is 79.9. The highest BCUT2D eigenvalue weighted by Gasteiger charge is 2.36. The second kappa shape index (κ2) is 10.2. The molecule has 3 amide bonds. The van der Waals surface area contributed by atoms with Crippen LogP contribution in [-0.2, 0) is 25.5 Å². The summed E-state index contributed by atoms with van der Waals surface area (Å²) in [4.78, 5) is 50.0. The number of ether oxygens (including phenoxy) is 1. The monoisotopic (exact) mass is 487 g/mol. The molecule has 0 spiro atoms. The van der Waals surface area contributed by atoms with Gasteiger partial charge in [-0.25, -0.2) is 0 Å². The zero-order valence-corrected chi connectivity index (χ0v) is 18.5. The molecule has 0 radical (unpaired) electrons. The van der Waals surface area contributed by atoms with Gasteiger partial charge in [-0.3, -0.25) is 30.0 Å². The molecule has 0 unspecified atom stereocenters. The first-order valence-corrected chi connectivity index (χ1v) is 10.6. The van der Waals surface area contributed by atoms with E-state index in [4.69, 9.17) is 4.74 Å². The number of esters is 1. The van der Waals surface area contributed by atoms with Crippen molar-refractivity contribution in [1.82, 2.24) is 10.9 Å². The van der Waals surface area contributed by atoms with Crippen LogP contribution in [0.3, 0.4) is 0 Å². The van der Waals surface area contributed by atoms with Gasteiger partial charge in [0.05, 0.1) is 5.92 Å². The van der Waals surface area contributed by atoms with Crippen LogP contribution in [0.2, 0.25) is 0 Å². The minimum absolute atomic E-state index is 0.0241. The third kappa shape index (κ3) is 5.91. The molecular weight excluding hydrogens is 466 g/mol. The molecule has 162 valence electrons. The number of halogens is 1. The van der Waals surface area contributed by atoms with Crippen molar-refractivity contribution in [2.45, 2.75) is 19.8 Å². The molecule has 1 aliphatic rings. The first-order valence-electron chi connectivity index (χ1n) is 9.78. The third-order valence-electron chi connectivity index (χ3n) is 4.88. The fraction of sp³-hybridized carbons (Fsp3) is 0.273. The predicted molar refractivity (Wildman–Crippen MR) is 117 cm³/mol. The number of nitrogens with zero attached hydrogens (tertiary/aromatic N) is 1. The lowest BCUT2D eigenvalue weighted by Gasteiger charge is -2.17. The summed E-state index contributed by atoms with van der Waals surface area (Å²) >= 11 is 3.27. The molecule has 1 saturated heterocycles. The Labute approximate surface area is 188 Å². The Hall–Kier alpha value is -3.20. The Balaban J connectivity index is 1.44. The molecule has 1 atom stereocenters. The zero-order chi connectivity index (χ0) is 22.4. The van der Waals surface area contributed by atoms with E-state index in [2.05, 4.69) is 26.8 Å². The van der Waals surface area contributed by atoms with E-state index in [0.717, 1.165) is 22.1 Å². The molecule has 1 heterocycles. The molecule has 31 heavy (non-hydrogen) atoms. The van der Waals surface area contributed by atoms with E-state index >= 15 is 0 Å². The van der Waals surface area contributed by atoms with Gasteiger partial charge >= 0.3 is 5.97 Å². The summed E-state index contributed by atoms with van der Waals surface area (Å²) in [5.41, 5.74) is 6.68. The molecule has 9 heteroatoms. The van der Waals surface area contributed by atoms with Crippen LogP contribution in [0, 0.1) is 5.92 Å². The highest BCUT2D eigenvalue weighted by molar-refractivity contribution is 9.10. The topological polar surface area (TPSA) is 105 Å². The van der Waals surface area contributed by atoms with Gasteiger partial charge in [0.25, 0.3) is 11.8 Å². The van der Waals surface area contributed by atoms with E-state index < -0.39 is 30.3 Å². The van der Waals surface area contributed by atoms with Crippen molar-refractivity contribution in [3.63, 3.8) is 0 Å². The maximum Gasteiger partial charge on any atom is 0.311 e. The second-order valence-electron chi connectivity index (χ2n) is 7.04. The first kappa shape index (κ1) is 22.5. The largest absolute Gasteiger partial charge is 0.455 e. The average Bonchev–Trinajstić information content (AvgIpc) is 3.18. The molecule has 0 aromatic heterocycles. The van der Waals surface area contributed by atoms with Crippen molar-refractivity contribution in [2.24, 2.45) is 5.92 Å².